The minimum atomic E-state index is -0.142. The molecule has 1 atom stereocenters. The van der Waals surface area contributed by atoms with Crippen molar-refractivity contribution in [2.75, 3.05) is 13.2 Å². The van der Waals surface area contributed by atoms with E-state index >= 15 is 0 Å². The van der Waals surface area contributed by atoms with E-state index in [2.05, 4.69) is 19.2 Å². The number of carbonyl (C=O) groups excluding carboxylic acids is 1. The fourth-order valence-corrected chi connectivity index (χ4v) is 1.48. The minimum absolute atomic E-state index is 0.142. The van der Waals surface area contributed by atoms with Crippen LogP contribution >= 0.6 is 0 Å². The van der Waals surface area contributed by atoms with E-state index in [1.165, 1.54) is 5.56 Å². The van der Waals surface area contributed by atoms with E-state index < -0.39 is 0 Å². The molecule has 0 saturated heterocycles. The second kappa shape index (κ2) is 7.01. The maximum atomic E-state index is 11.1. The van der Waals surface area contributed by atoms with Gasteiger partial charge in [0.25, 0.3) is 0 Å². The normalized spacial score (nSPS) is 12.1. The lowest BCUT2D eigenvalue weighted by atomic mass is 10.2. The van der Waals surface area contributed by atoms with E-state index in [1.807, 2.05) is 25.1 Å². The van der Waals surface area contributed by atoms with Gasteiger partial charge in [-0.15, -0.1) is 0 Å². The molecular formula is C13H19NO2. The number of hydrogen-bond donors (Lipinski definition) is 1. The molecule has 0 spiro atoms. The number of carbonyl (C=O) groups is 1. The zero-order valence-corrected chi connectivity index (χ0v) is 9.74. The third-order valence-electron chi connectivity index (χ3n) is 2.28. The Hall–Kier alpha value is -1.35. The van der Waals surface area contributed by atoms with Crippen LogP contribution in [0, 0.1) is 7.05 Å². The maximum absolute atomic E-state index is 11.1. The first-order valence-electron chi connectivity index (χ1n) is 5.58. The van der Waals surface area contributed by atoms with Gasteiger partial charge in [0.15, 0.2) is 0 Å². The summed E-state index contributed by atoms with van der Waals surface area (Å²) in [5.41, 5.74) is 1.23. The molecule has 88 valence electrons. The molecule has 0 aromatic heterocycles. The summed E-state index contributed by atoms with van der Waals surface area (Å²) >= 11 is 0. The summed E-state index contributed by atoms with van der Waals surface area (Å²) in [6.45, 7) is 3.80. The highest BCUT2D eigenvalue weighted by Crippen LogP contribution is 1.95. The fourth-order valence-electron chi connectivity index (χ4n) is 1.48. The lowest BCUT2D eigenvalue weighted by molar-refractivity contribution is -0.867. The molecule has 1 unspecified atom stereocenters. The zero-order valence-electron chi connectivity index (χ0n) is 9.74. The lowest BCUT2D eigenvalue weighted by Crippen LogP contribution is -3.05. The molecule has 0 aliphatic carbocycles. The van der Waals surface area contributed by atoms with Crippen molar-refractivity contribution in [3.63, 3.8) is 0 Å². The van der Waals surface area contributed by atoms with Gasteiger partial charge in [-0.1, -0.05) is 30.3 Å². The van der Waals surface area contributed by atoms with Gasteiger partial charge < -0.3 is 9.64 Å². The molecule has 0 aliphatic heterocycles. The monoisotopic (exact) mass is 221 g/mol. The van der Waals surface area contributed by atoms with Gasteiger partial charge in [0, 0.05) is 5.56 Å². The highest BCUT2D eigenvalue weighted by molar-refractivity contribution is 5.69. The molecule has 0 saturated carbocycles. The molecule has 3 nitrogen and oxygen atoms in total. The van der Waals surface area contributed by atoms with E-state index in [4.69, 9.17) is 4.74 Å². The largest absolute Gasteiger partial charge is 0.466 e. The number of nitrogens with one attached hydrogen (secondary N) is 1. The van der Waals surface area contributed by atoms with Gasteiger partial charge in [0.05, 0.1) is 26.1 Å². The second-order valence-electron chi connectivity index (χ2n) is 3.72. The Morgan fingerprint density at radius 3 is 2.69 bits per heavy atom. The van der Waals surface area contributed by atoms with Crippen molar-refractivity contribution < 1.29 is 14.4 Å². The summed E-state index contributed by atoms with van der Waals surface area (Å²) in [7, 11) is 3.97. The van der Waals surface area contributed by atoms with Crippen molar-refractivity contribution in [2.45, 2.75) is 19.9 Å². The van der Waals surface area contributed by atoms with Crippen LogP contribution in [-0.2, 0) is 16.1 Å². The Bertz CT molecular complexity index is 311. The van der Waals surface area contributed by atoms with Crippen molar-refractivity contribution in [3.8, 4) is 0 Å². The van der Waals surface area contributed by atoms with Crippen LogP contribution in [0.1, 0.15) is 18.9 Å². The van der Waals surface area contributed by atoms with Crippen molar-refractivity contribution in [2.24, 2.45) is 0 Å². The van der Waals surface area contributed by atoms with Crippen LogP contribution in [0.5, 0.6) is 0 Å². The SMILES string of the molecule is [CH2-][NH+](CCC(=O)OCC)Cc1ccccc1. The quantitative estimate of drug-likeness (QED) is 0.569. The molecule has 1 rings (SSSR count). The summed E-state index contributed by atoms with van der Waals surface area (Å²) < 4.78 is 4.86. The molecule has 0 heterocycles. The van der Waals surface area contributed by atoms with Crippen LogP contribution in [0.3, 0.4) is 0 Å². The highest BCUT2D eigenvalue weighted by atomic mass is 16.5. The van der Waals surface area contributed by atoms with Gasteiger partial charge in [-0.3, -0.25) is 4.79 Å². The first-order chi connectivity index (χ1) is 7.72. The fraction of sp³-hybridized carbons (Fsp3) is 0.385. The molecule has 1 aromatic rings. The molecule has 1 N–H and O–H groups in total. The van der Waals surface area contributed by atoms with E-state index in [1.54, 1.807) is 0 Å². The lowest BCUT2D eigenvalue weighted by Gasteiger charge is -2.20. The summed E-state index contributed by atoms with van der Waals surface area (Å²) in [4.78, 5) is 12.2. The molecule has 3 heteroatoms. The smallest absolute Gasteiger partial charge is 0.311 e. The molecular weight excluding hydrogens is 202 g/mol. The Balaban J connectivity index is 2.26. The Morgan fingerprint density at radius 1 is 1.38 bits per heavy atom. The Morgan fingerprint density at radius 2 is 2.06 bits per heavy atom. The number of benzene rings is 1. The van der Waals surface area contributed by atoms with Crippen molar-refractivity contribution in [1.82, 2.24) is 0 Å². The number of ether oxygens (including phenoxy) is 1. The molecule has 0 fully saturated rings. The molecule has 0 amide bonds. The Labute approximate surface area is 97.0 Å². The van der Waals surface area contributed by atoms with Crippen LogP contribution < -0.4 is 4.90 Å². The highest BCUT2D eigenvalue weighted by Gasteiger charge is 2.04. The first kappa shape index (κ1) is 12.7. The number of hydrogen-bond acceptors (Lipinski definition) is 2. The van der Waals surface area contributed by atoms with Gasteiger partial charge in [-0.2, -0.15) is 7.05 Å². The average molecular weight is 221 g/mol. The van der Waals surface area contributed by atoms with Crippen LogP contribution in [0.4, 0.5) is 0 Å². The zero-order chi connectivity index (χ0) is 11.8. The molecule has 0 bridgehead atoms. The van der Waals surface area contributed by atoms with Gasteiger partial charge in [0.1, 0.15) is 0 Å². The van der Waals surface area contributed by atoms with E-state index in [0.717, 1.165) is 11.4 Å². The third kappa shape index (κ3) is 4.94. The Kier molecular flexibility index (Phi) is 5.57. The number of rotatable bonds is 6. The predicted molar refractivity (Wildman–Crippen MR) is 62.6 cm³/mol. The van der Waals surface area contributed by atoms with Gasteiger partial charge >= 0.3 is 5.97 Å². The van der Waals surface area contributed by atoms with Crippen molar-refractivity contribution in [3.05, 3.63) is 42.9 Å². The van der Waals surface area contributed by atoms with Crippen LogP contribution in [0.25, 0.3) is 0 Å². The number of esters is 1. The minimum Gasteiger partial charge on any atom is -0.466 e. The molecule has 1 aromatic carbocycles. The number of quaternary nitrogens is 1. The second-order valence-corrected chi connectivity index (χ2v) is 3.72. The molecule has 0 aliphatic rings. The predicted octanol–water partition coefficient (Wildman–Crippen LogP) is 0.816. The van der Waals surface area contributed by atoms with Gasteiger partial charge in [0.2, 0.25) is 0 Å². The van der Waals surface area contributed by atoms with Gasteiger partial charge in [-0.05, 0) is 6.92 Å². The van der Waals surface area contributed by atoms with Crippen molar-refractivity contribution in [1.29, 1.82) is 0 Å². The van der Waals surface area contributed by atoms with Crippen LogP contribution in [-0.4, -0.2) is 19.1 Å². The van der Waals surface area contributed by atoms with Crippen LogP contribution in [0.2, 0.25) is 0 Å². The van der Waals surface area contributed by atoms with Crippen LogP contribution in [0.15, 0.2) is 30.3 Å². The summed E-state index contributed by atoms with van der Waals surface area (Å²) in [6.07, 6.45) is 0.430. The van der Waals surface area contributed by atoms with Gasteiger partial charge in [-0.25, -0.2) is 0 Å². The third-order valence-corrected chi connectivity index (χ3v) is 2.28. The van der Waals surface area contributed by atoms with E-state index in [-0.39, 0.29) is 5.97 Å². The summed E-state index contributed by atoms with van der Waals surface area (Å²) in [5.74, 6) is -0.142. The topological polar surface area (TPSA) is 30.7 Å². The summed E-state index contributed by atoms with van der Waals surface area (Å²) in [5, 5.41) is 0. The molecule has 16 heavy (non-hydrogen) atoms. The average Bonchev–Trinajstić information content (AvgIpc) is 2.28. The van der Waals surface area contributed by atoms with Crippen molar-refractivity contribution >= 4 is 5.97 Å². The van der Waals surface area contributed by atoms with E-state index in [0.29, 0.717) is 19.6 Å². The maximum Gasteiger partial charge on any atom is 0.311 e. The van der Waals surface area contributed by atoms with E-state index in [9.17, 15) is 4.79 Å². The summed E-state index contributed by atoms with van der Waals surface area (Å²) in [6, 6.07) is 10.1. The molecule has 0 radical (unpaired) electrons. The first-order valence-corrected chi connectivity index (χ1v) is 5.58. The standard InChI is InChI=1S/C13H19NO2/c1-3-16-13(15)9-10-14(2)11-12-7-5-4-6-8-12/h4-8,14H,2-3,9-11H2,1H3.